The van der Waals surface area contributed by atoms with E-state index in [1.165, 1.54) is 18.5 Å². The molecular formula is C9H9BrN4O3S. The molecule has 0 saturated heterocycles. The van der Waals surface area contributed by atoms with Gasteiger partial charge in [0.25, 0.3) is 0 Å². The zero-order valence-electron chi connectivity index (χ0n) is 9.29. The molecule has 2 rings (SSSR count). The zero-order chi connectivity index (χ0) is 13.2. The van der Waals surface area contributed by atoms with Crippen molar-refractivity contribution in [3.05, 3.63) is 34.6 Å². The fraction of sp³-hybridized carbons (Fsp3) is 0.222. The van der Waals surface area contributed by atoms with Crippen LogP contribution in [0.25, 0.3) is 0 Å². The minimum absolute atomic E-state index is 0.0355. The number of pyridine rings is 1. The van der Waals surface area contributed by atoms with E-state index in [-0.39, 0.29) is 17.3 Å². The lowest BCUT2D eigenvalue weighted by molar-refractivity contribution is 0.387. The second-order valence-corrected chi connectivity index (χ2v) is 6.08. The van der Waals surface area contributed by atoms with E-state index < -0.39 is 10.0 Å². The molecule has 7 nitrogen and oxygen atoms in total. The van der Waals surface area contributed by atoms with E-state index in [0.29, 0.717) is 10.4 Å². The molecule has 0 spiro atoms. The van der Waals surface area contributed by atoms with Crippen LogP contribution in [-0.2, 0) is 16.6 Å². The Labute approximate surface area is 112 Å². The summed E-state index contributed by atoms with van der Waals surface area (Å²) in [6.45, 7) is 1.59. The monoisotopic (exact) mass is 332 g/mol. The van der Waals surface area contributed by atoms with Crippen molar-refractivity contribution >= 4 is 26.0 Å². The first kappa shape index (κ1) is 13.1. The van der Waals surface area contributed by atoms with E-state index in [4.69, 9.17) is 4.52 Å². The molecule has 0 amide bonds. The van der Waals surface area contributed by atoms with E-state index in [1.807, 2.05) is 0 Å². The first-order chi connectivity index (χ1) is 8.47. The quantitative estimate of drug-likeness (QED) is 0.897. The Morgan fingerprint density at radius 3 is 2.83 bits per heavy atom. The molecule has 0 radical (unpaired) electrons. The molecule has 9 heteroatoms. The van der Waals surface area contributed by atoms with Gasteiger partial charge in [0, 0.05) is 23.8 Å². The summed E-state index contributed by atoms with van der Waals surface area (Å²) in [4.78, 5) is 7.76. The molecule has 2 aromatic rings. The van der Waals surface area contributed by atoms with Crippen LogP contribution >= 0.6 is 15.9 Å². The standard InChI is InChI=1S/C9H9BrN4O3S/c1-6-13-9(14-17-6)5-12-18(15,16)8-2-7(10)3-11-4-8/h2-4,12H,5H2,1H3. The number of hydrogen-bond donors (Lipinski definition) is 1. The van der Waals surface area contributed by atoms with Gasteiger partial charge in [0.15, 0.2) is 5.82 Å². The van der Waals surface area contributed by atoms with E-state index in [2.05, 4.69) is 35.8 Å². The SMILES string of the molecule is Cc1nc(CNS(=O)(=O)c2cncc(Br)c2)no1. The molecule has 0 unspecified atom stereocenters. The lowest BCUT2D eigenvalue weighted by atomic mass is 10.5. The van der Waals surface area contributed by atoms with Gasteiger partial charge in [0.2, 0.25) is 15.9 Å². The van der Waals surface area contributed by atoms with Crippen molar-refractivity contribution < 1.29 is 12.9 Å². The Bertz CT molecular complexity index is 655. The summed E-state index contributed by atoms with van der Waals surface area (Å²) in [7, 11) is -3.64. The molecule has 0 bridgehead atoms. The van der Waals surface area contributed by atoms with Crippen LogP contribution < -0.4 is 4.72 Å². The molecule has 0 saturated carbocycles. The van der Waals surface area contributed by atoms with Crippen LogP contribution in [0.4, 0.5) is 0 Å². The fourth-order valence-electron chi connectivity index (χ4n) is 1.20. The molecule has 0 aliphatic rings. The lowest BCUT2D eigenvalue weighted by Gasteiger charge is -2.04. The highest BCUT2D eigenvalue weighted by molar-refractivity contribution is 9.10. The van der Waals surface area contributed by atoms with Crippen molar-refractivity contribution in [3.63, 3.8) is 0 Å². The predicted molar refractivity (Wildman–Crippen MR) is 65.0 cm³/mol. The van der Waals surface area contributed by atoms with Gasteiger partial charge >= 0.3 is 0 Å². The molecule has 2 heterocycles. The van der Waals surface area contributed by atoms with Crippen LogP contribution in [0.2, 0.25) is 0 Å². The summed E-state index contributed by atoms with van der Waals surface area (Å²) in [5.74, 6) is 0.660. The van der Waals surface area contributed by atoms with E-state index in [0.717, 1.165) is 0 Å². The van der Waals surface area contributed by atoms with Crippen molar-refractivity contribution in [2.75, 3.05) is 0 Å². The van der Waals surface area contributed by atoms with Crippen LogP contribution in [-0.4, -0.2) is 23.5 Å². The van der Waals surface area contributed by atoms with Gasteiger partial charge in [-0.05, 0) is 22.0 Å². The highest BCUT2D eigenvalue weighted by Gasteiger charge is 2.15. The highest BCUT2D eigenvalue weighted by atomic mass is 79.9. The number of rotatable bonds is 4. The molecule has 0 aliphatic carbocycles. The van der Waals surface area contributed by atoms with Crippen LogP contribution in [0.3, 0.4) is 0 Å². The largest absolute Gasteiger partial charge is 0.340 e. The smallest absolute Gasteiger partial charge is 0.242 e. The molecule has 96 valence electrons. The summed E-state index contributed by atoms with van der Waals surface area (Å²) in [6.07, 6.45) is 2.76. The summed E-state index contributed by atoms with van der Waals surface area (Å²) >= 11 is 3.16. The van der Waals surface area contributed by atoms with Crippen LogP contribution in [0.1, 0.15) is 11.7 Å². The first-order valence-electron chi connectivity index (χ1n) is 4.87. The maximum absolute atomic E-state index is 11.9. The minimum Gasteiger partial charge on any atom is -0.340 e. The number of aromatic nitrogens is 3. The summed E-state index contributed by atoms with van der Waals surface area (Å²) in [5, 5.41) is 3.59. The van der Waals surface area contributed by atoms with Crippen LogP contribution in [0.5, 0.6) is 0 Å². The Morgan fingerprint density at radius 2 is 2.22 bits per heavy atom. The highest BCUT2D eigenvalue weighted by Crippen LogP contribution is 2.14. The van der Waals surface area contributed by atoms with E-state index in [9.17, 15) is 8.42 Å². The molecule has 0 fully saturated rings. The number of aryl methyl sites for hydroxylation is 1. The molecule has 1 N–H and O–H groups in total. The van der Waals surface area contributed by atoms with Gasteiger partial charge in [0.1, 0.15) is 4.90 Å². The topological polar surface area (TPSA) is 98.0 Å². The fourth-order valence-corrected chi connectivity index (χ4v) is 2.68. The van der Waals surface area contributed by atoms with Crippen LogP contribution in [0, 0.1) is 6.92 Å². The van der Waals surface area contributed by atoms with Crippen molar-refractivity contribution in [2.24, 2.45) is 0 Å². The van der Waals surface area contributed by atoms with Gasteiger partial charge < -0.3 is 4.52 Å². The van der Waals surface area contributed by atoms with E-state index in [1.54, 1.807) is 6.92 Å². The van der Waals surface area contributed by atoms with Gasteiger partial charge in [-0.25, -0.2) is 13.1 Å². The third-order valence-electron chi connectivity index (χ3n) is 1.98. The summed E-state index contributed by atoms with van der Waals surface area (Å²) in [6, 6.07) is 1.46. The second kappa shape index (κ2) is 5.12. The average molecular weight is 333 g/mol. The number of nitrogens with one attached hydrogen (secondary N) is 1. The number of sulfonamides is 1. The molecule has 2 aromatic heterocycles. The number of hydrogen-bond acceptors (Lipinski definition) is 6. The van der Waals surface area contributed by atoms with Crippen molar-refractivity contribution in [1.82, 2.24) is 19.8 Å². The van der Waals surface area contributed by atoms with Crippen LogP contribution in [0.15, 0.2) is 32.4 Å². The Kier molecular flexibility index (Phi) is 3.73. The Morgan fingerprint density at radius 1 is 1.44 bits per heavy atom. The molecular weight excluding hydrogens is 324 g/mol. The second-order valence-electron chi connectivity index (χ2n) is 3.39. The Hall–Kier alpha value is -1.32. The maximum Gasteiger partial charge on any atom is 0.242 e. The zero-order valence-corrected chi connectivity index (χ0v) is 11.7. The third-order valence-corrected chi connectivity index (χ3v) is 3.78. The maximum atomic E-state index is 11.9. The van der Waals surface area contributed by atoms with E-state index >= 15 is 0 Å². The number of halogens is 1. The van der Waals surface area contributed by atoms with Gasteiger partial charge in [0.05, 0.1) is 6.54 Å². The summed E-state index contributed by atoms with van der Waals surface area (Å²) < 4.78 is 31.5. The lowest BCUT2D eigenvalue weighted by Crippen LogP contribution is -2.24. The normalized spacial score (nSPS) is 11.7. The molecule has 0 aliphatic heterocycles. The first-order valence-corrected chi connectivity index (χ1v) is 7.14. The average Bonchev–Trinajstić information content (AvgIpc) is 2.73. The Balaban J connectivity index is 2.13. The van der Waals surface area contributed by atoms with Gasteiger partial charge in [-0.1, -0.05) is 5.16 Å². The predicted octanol–water partition coefficient (Wildman–Crippen LogP) is 1.01. The van der Waals surface area contributed by atoms with Crippen molar-refractivity contribution in [2.45, 2.75) is 18.4 Å². The van der Waals surface area contributed by atoms with Crippen molar-refractivity contribution in [3.8, 4) is 0 Å². The molecule has 18 heavy (non-hydrogen) atoms. The number of nitrogens with zero attached hydrogens (tertiary/aromatic N) is 3. The van der Waals surface area contributed by atoms with Crippen molar-refractivity contribution in [1.29, 1.82) is 0 Å². The van der Waals surface area contributed by atoms with Gasteiger partial charge in [-0.15, -0.1) is 0 Å². The van der Waals surface area contributed by atoms with Gasteiger partial charge in [-0.3, -0.25) is 4.98 Å². The molecule has 0 aromatic carbocycles. The summed E-state index contributed by atoms with van der Waals surface area (Å²) in [5.41, 5.74) is 0. The molecule has 0 atom stereocenters. The third kappa shape index (κ3) is 3.12. The van der Waals surface area contributed by atoms with Gasteiger partial charge in [-0.2, -0.15) is 4.98 Å². The minimum atomic E-state index is -3.64.